The maximum atomic E-state index is 13.9. The van der Waals surface area contributed by atoms with E-state index in [1.165, 1.54) is 12.1 Å². The molecule has 2 unspecified atom stereocenters. The van der Waals surface area contributed by atoms with E-state index >= 15 is 0 Å². The first-order valence-electron chi connectivity index (χ1n) is 17.5. The summed E-state index contributed by atoms with van der Waals surface area (Å²) in [5, 5.41) is 0. The summed E-state index contributed by atoms with van der Waals surface area (Å²) in [6, 6.07) is 12.3. The molecule has 0 aromatic heterocycles. The topological polar surface area (TPSA) is 0 Å². The van der Waals surface area contributed by atoms with Crippen molar-refractivity contribution in [2.24, 2.45) is 0 Å². The van der Waals surface area contributed by atoms with E-state index in [-0.39, 0.29) is 34.4 Å². The van der Waals surface area contributed by atoms with Crippen molar-refractivity contribution >= 4 is 39.7 Å². The average molecular weight is 976 g/mol. The predicted octanol–water partition coefficient (Wildman–Crippen LogP) is 15.5. The summed E-state index contributed by atoms with van der Waals surface area (Å²) >= 11 is -5.60. The zero-order valence-electron chi connectivity index (χ0n) is 30.0. The molecule has 0 spiro atoms. The van der Waals surface area contributed by atoms with Gasteiger partial charge in [-0.1, -0.05) is 0 Å². The molecular weight excluding hydrogens is 943 g/mol. The van der Waals surface area contributed by atoms with Gasteiger partial charge in [0.15, 0.2) is 0 Å². The van der Waals surface area contributed by atoms with Gasteiger partial charge in [-0.2, -0.15) is 0 Å². The second-order valence-corrected chi connectivity index (χ2v) is 78.7. The third kappa shape index (κ3) is 7.38. The first-order chi connectivity index (χ1) is 25.7. The van der Waals surface area contributed by atoms with Crippen molar-refractivity contribution in [2.75, 3.05) is 0 Å². The third-order valence-corrected chi connectivity index (χ3v) is 93.0. The van der Waals surface area contributed by atoms with Crippen LogP contribution in [0.25, 0.3) is 34.4 Å². The second kappa shape index (κ2) is 14.4. The van der Waals surface area contributed by atoms with Gasteiger partial charge in [0, 0.05) is 0 Å². The number of rotatable bonds is 7. The van der Waals surface area contributed by atoms with E-state index < -0.39 is 78.7 Å². The number of hydrogen-bond acceptors (Lipinski definition) is 0. The number of fused-ring (bicyclic) bond motifs is 2. The van der Waals surface area contributed by atoms with Crippen molar-refractivity contribution in [3.63, 3.8) is 0 Å². The molecule has 0 bridgehead atoms. The van der Waals surface area contributed by atoms with Crippen LogP contribution in [0.1, 0.15) is 78.4 Å². The Morgan fingerprint density at radius 3 is 1.07 bits per heavy atom. The van der Waals surface area contributed by atoms with Gasteiger partial charge < -0.3 is 0 Å². The molecule has 4 aromatic carbocycles. The Kier molecular flexibility index (Phi) is 11.1. The maximum absolute atomic E-state index is 13.9. The molecule has 0 saturated carbocycles. The molecule has 0 radical (unpaired) electrons. The van der Waals surface area contributed by atoms with E-state index in [0.717, 1.165) is 11.1 Å². The molecule has 0 amide bonds. The zero-order valence-corrected chi connectivity index (χ0v) is 36.4. The van der Waals surface area contributed by atoms with Gasteiger partial charge in [0.25, 0.3) is 0 Å². The summed E-state index contributed by atoms with van der Waals surface area (Å²) in [4.78, 5) is 0. The number of alkyl halides is 12. The summed E-state index contributed by atoms with van der Waals surface area (Å²) in [5.74, 6) is 4.04. The van der Waals surface area contributed by atoms with Crippen LogP contribution in [-0.4, -0.2) is 10.6 Å². The number of allylic oxidation sites excluding steroid dienone is 2. The van der Waals surface area contributed by atoms with Crippen LogP contribution in [0.3, 0.4) is 0 Å². The Morgan fingerprint density at radius 1 is 0.518 bits per heavy atom. The molecule has 0 fully saturated rings. The van der Waals surface area contributed by atoms with Crippen LogP contribution in [-0.2, 0) is 38.6 Å². The average Bonchev–Trinajstić information content (AvgIpc) is 3.69. The summed E-state index contributed by atoms with van der Waals surface area (Å²) < 4.78 is 166. The van der Waals surface area contributed by atoms with E-state index in [2.05, 4.69) is 0 Å². The van der Waals surface area contributed by atoms with Gasteiger partial charge in [-0.15, -0.1) is 0 Å². The third-order valence-electron chi connectivity index (χ3n) is 11.1. The molecular formula is C40H33Cl2F12GeZr. The van der Waals surface area contributed by atoms with Crippen molar-refractivity contribution in [2.45, 2.75) is 70.2 Å². The van der Waals surface area contributed by atoms with Crippen LogP contribution < -0.4 is 0 Å². The molecule has 6 rings (SSSR count). The van der Waals surface area contributed by atoms with Crippen LogP contribution in [0.4, 0.5) is 52.7 Å². The van der Waals surface area contributed by atoms with Crippen LogP contribution >= 0.6 is 17.0 Å². The Bertz CT molecular complexity index is 2060. The van der Waals surface area contributed by atoms with Crippen LogP contribution in [0.5, 0.6) is 0 Å². The zero-order chi connectivity index (χ0) is 41.6. The molecule has 4 aromatic rings. The minimum atomic E-state index is -5.60. The van der Waals surface area contributed by atoms with Crippen LogP contribution in [0.2, 0.25) is 11.5 Å². The van der Waals surface area contributed by atoms with E-state index in [4.69, 9.17) is 17.0 Å². The number of benzene rings is 4. The molecule has 2 aliphatic carbocycles. The Balaban J connectivity index is 1.59. The minimum absolute atomic E-state index is 0.0663. The standard InChI is InChI=1S/2C19H13F6.C2H7Ge.2ClH.Zr/c2*1-2-11-6-12-4-3-5-16(17(12)7-11)13-8-14(18(20,21)22)10-15(9-13)19(23,24)25;1-3-2;;;/h2*3-10H,2H2,1H3;3H,1-2H3;2*1H;/q;;;;;+2/p-2. The van der Waals surface area contributed by atoms with Gasteiger partial charge in [-0.3, -0.25) is 0 Å². The Labute approximate surface area is 325 Å². The fraction of sp³-hybridized carbons (Fsp3) is 0.300. The normalized spacial score (nSPS) is 18.4. The van der Waals surface area contributed by atoms with Crippen LogP contribution in [0, 0.1) is 0 Å². The van der Waals surface area contributed by atoms with Crippen molar-refractivity contribution in [3.8, 4) is 22.3 Å². The van der Waals surface area contributed by atoms with Gasteiger partial charge >= 0.3 is 327 Å². The monoisotopic (exact) mass is 975 g/mol. The molecule has 0 nitrogen and oxygen atoms in total. The molecule has 2 atom stereocenters. The molecule has 0 heterocycles. The summed E-state index contributed by atoms with van der Waals surface area (Å²) in [5.41, 5.74) is -2.81. The Morgan fingerprint density at radius 2 is 0.821 bits per heavy atom. The molecule has 0 aliphatic heterocycles. The first-order valence-corrected chi connectivity index (χ1v) is 40.1. The fourth-order valence-electron chi connectivity index (χ4n) is 8.40. The molecule has 16 heteroatoms. The SMILES string of the molecule is CCC1=Cc2c(-c3cc(C(F)(F)F)cc(C(F)(F)F)c3)cccc2[CH]1[Zr]([Cl])([Cl])([CH]1C(CC)=Cc2c(-c3cc(C(F)(F)F)cc(C(F)(F)F)c3)cccc21)[GeH]([CH3])[CH3]. The number of hydrogen-bond donors (Lipinski definition) is 0. The van der Waals surface area contributed by atoms with E-state index in [9.17, 15) is 52.7 Å². The van der Waals surface area contributed by atoms with E-state index in [0.29, 0.717) is 59.4 Å². The summed E-state index contributed by atoms with van der Waals surface area (Å²) in [6.45, 7) is 3.69. The molecule has 0 N–H and O–H groups in total. The molecule has 0 saturated heterocycles. The second-order valence-electron chi connectivity index (χ2n) is 14.6. The van der Waals surface area contributed by atoms with Crippen LogP contribution in [0.15, 0.2) is 83.9 Å². The quantitative estimate of drug-likeness (QED) is 0.128. The fourth-order valence-corrected chi connectivity index (χ4v) is 54.0. The van der Waals surface area contributed by atoms with Crippen molar-refractivity contribution < 1.29 is 66.6 Å². The molecule has 56 heavy (non-hydrogen) atoms. The van der Waals surface area contributed by atoms with Gasteiger partial charge in [-0.25, -0.2) is 0 Å². The first kappa shape index (κ1) is 43.1. The van der Waals surface area contributed by atoms with Crippen molar-refractivity contribution in [3.05, 3.63) is 128 Å². The van der Waals surface area contributed by atoms with Gasteiger partial charge in [0.1, 0.15) is 0 Å². The van der Waals surface area contributed by atoms with Crippen molar-refractivity contribution in [1.29, 1.82) is 0 Å². The number of halogens is 14. The predicted molar refractivity (Wildman–Crippen MR) is 196 cm³/mol. The summed E-state index contributed by atoms with van der Waals surface area (Å²) in [6.07, 6.45) is -16.1. The Hall–Kier alpha value is -2.47. The van der Waals surface area contributed by atoms with Gasteiger partial charge in [0.05, 0.1) is 0 Å². The molecule has 2 aliphatic rings. The van der Waals surface area contributed by atoms with Gasteiger partial charge in [0.2, 0.25) is 0 Å². The molecule has 299 valence electrons. The van der Waals surface area contributed by atoms with Gasteiger partial charge in [-0.05, 0) is 0 Å². The van der Waals surface area contributed by atoms with E-state index in [1.54, 1.807) is 36.4 Å². The summed E-state index contributed by atoms with van der Waals surface area (Å²) in [7, 11) is 13.6. The van der Waals surface area contributed by atoms with Crippen molar-refractivity contribution in [1.82, 2.24) is 0 Å². The van der Waals surface area contributed by atoms with E-state index in [1.807, 2.05) is 25.4 Å².